The number of carbonyl (C=O) groups is 2. The smallest absolute Gasteiger partial charge is 0.258 e. The lowest BCUT2D eigenvalue weighted by atomic mass is 10.0. The van der Waals surface area contributed by atoms with Gasteiger partial charge >= 0.3 is 0 Å². The van der Waals surface area contributed by atoms with E-state index in [2.05, 4.69) is 41.5 Å². The minimum Gasteiger partial charge on any atom is -0.484 e. The molecule has 0 aromatic heterocycles. The Bertz CT molecular complexity index is 734. The fourth-order valence-electron chi connectivity index (χ4n) is 3.15. The topological polar surface area (TPSA) is 70.7 Å². The zero-order chi connectivity index (χ0) is 20.9. The van der Waals surface area contributed by atoms with E-state index in [1.807, 2.05) is 36.4 Å². The van der Waals surface area contributed by atoms with Crippen molar-refractivity contribution in [1.82, 2.24) is 15.5 Å². The highest BCUT2D eigenvalue weighted by Crippen LogP contribution is 2.09. The van der Waals surface area contributed by atoms with Crippen molar-refractivity contribution in [3.63, 3.8) is 0 Å². The predicted molar refractivity (Wildman–Crippen MR) is 115 cm³/mol. The molecule has 2 N–H and O–H groups in total. The molecular weight excluding hydrogens is 366 g/mol. The Morgan fingerprint density at radius 3 is 2.14 bits per heavy atom. The minimum atomic E-state index is -0.325. The number of hydrogen-bond donors (Lipinski definition) is 2. The normalized spacial score (nSPS) is 11.7. The third kappa shape index (κ3) is 8.35. The maximum absolute atomic E-state index is 12.2. The van der Waals surface area contributed by atoms with Gasteiger partial charge in [-0.1, -0.05) is 62.4 Å². The molecule has 1 atom stereocenters. The second-order valence-electron chi connectivity index (χ2n) is 6.75. The number of benzene rings is 2. The van der Waals surface area contributed by atoms with Crippen LogP contribution in [0.25, 0.3) is 0 Å². The molecule has 0 bridgehead atoms. The lowest BCUT2D eigenvalue weighted by Crippen LogP contribution is -2.47. The molecule has 0 saturated carbocycles. The van der Waals surface area contributed by atoms with Gasteiger partial charge in [-0.2, -0.15) is 0 Å². The molecule has 0 heterocycles. The van der Waals surface area contributed by atoms with Crippen LogP contribution in [0.2, 0.25) is 0 Å². The van der Waals surface area contributed by atoms with Gasteiger partial charge in [0.05, 0.1) is 6.54 Å². The molecule has 2 rings (SSSR count). The van der Waals surface area contributed by atoms with E-state index in [4.69, 9.17) is 4.74 Å². The molecule has 156 valence electrons. The number of para-hydroxylation sites is 1. The van der Waals surface area contributed by atoms with E-state index in [9.17, 15) is 9.59 Å². The lowest BCUT2D eigenvalue weighted by Gasteiger charge is -2.30. The number of ether oxygens (including phenoxy) is 1. The Balaban J connectivity index is 1.75. The zero-order valence-corrected chi connectivity index (χ0v) is 17.3. The second-order valence-corrected chi connectivity index (χ2v) is 6.75. The molecule has 0 fully saturated rings. The summed E-state index contributed by atoms with van der Waals surface area (Å²) in [6, 6.07) is 19.6. The quantitative estimate of drug-likeness (QED) is 0.576. The van der Waals surface area contributed by atoms with Gasteiger partial charge in [-0.05, 0) is 37.2 Å². The SMILES string of the molecule is CCN(CC)C(CNC(=O)CNC(=O)COc1ccccc1)Cc1ccccc1. The van der Waals surface area contributed by atoms with Crippen molar-refractivity contribution in [1.29, 1.82) is 0 Å². The molecule has 2 aromatic carbocycles. The molecule has 6 heteroatoms. The fraction of sp³-hybridized carbons (Fsp3) is 0.391. The number of nitrogens with zero attached hydrogens (tertiary/aromatic N) is 1. The van der Waals surface area contributed by atoms with Crippen LogP contribution in [-0.2, 0) is 16.0 Å². The van der Waals surface area contributed by atoms with Crippen LogP contribution in [0.1, 0.15) is 19.4 Å². The Labute approximate surface area is 173 Å². The van der Waals surface area contributed by atoms with Crippen LogP contribution < -0.4 is 15.4 Å². The van der Waals surface area contributed by atoms with Gasteiger partial charge < -0.3 is 15.4 Å². The van der Waals surface area contributed by atoms with Gasteiger partial charge in [0.1, 0.15) is 5.75 Å². The van der Waals surface area contributed by atoms with Crippen LogP contribution in [0.3, 0.4) is 0 Å². The summed E-state index contributed by atoms with van der Waals surface area (Å²) < 4.78 is 5.37. The lowest BCUT2D eigenvalue weighted by molar-refractivity contribution is -0.127. The monoisotopic (exact) mass is 397 g/mol. The van der Waals surface area contributed by atoms with Gasteiger partial charge in [-0.3, -0.25) is 14.5 Å². The number of likely N-dealkylation sites (N-methyl/N-ethyl adjacent to an activating group) is 1. The summed E-state index contributed by atoms with van der Waals surface area (Å²) in [5, 5.41) is 5.54. The van der Waals surface area contributed by atoms with Gasteiger partial charge in [-0.15, -0.1) is 0 Å². The number of nitrogens with one attached hydrogen (secondary N) is 2. The van der Waals surface area contributed by atoms with Crippen LogP contribution in [-0.4, -0.2) is 55.5 Å². The van der Waals surface area contributed by atoms with Crippen molar-refractivity contribution in [2.45, 2.75) is 26.3 Å². The fourth-order valence-corrected chi connectivity index (χ4v) is 3.15. The molecule has 2 aromatic rings. The highest BCUT2D eigenvalue weighted by molar-refractivity contribution is 5.85. The van der Waals surface area contributed by atoms with Crippen LogP contribution in [0.4, 0.5) is 0 Å². The number of amides is 2. The average Bonchev–Trinajstić information content (AvgIpc) is 2.76. The summed E-state index contributed by atoms with van der Waals surface area (Å²) in [4.78, 5) is 26.4. The van der Waals surface area contributed by atoms with E-state index in [0.29, 0.717) is 12.3 Å². The maximum atomic E-state index is 12.2. The third-order valence-electron chi connectivity index (χ3n) is 4.74. The Morgan fingerprint density at radius 1 is 0.897 bits per heavy atom. The first-order valence-electron chi connectivity index (χ1n) is 10.1. The van der Waals surface area contributed by atoms with Crippen molar-refractivity contribution >= 4 is 11.8 Å². The molecule has 0 aliphatic heterocycles. The predicted octanol–water partition coefficient (Wildman–Crippen LogP) is 2.25. The summed E-state index contributed by atoms with van der Waals surface area (Å²) in [5.74, 6) is 0.0898. The van der Waals surface area contributed by atoms with Gasteiger partial charge in [0.25, 0.3) is 5.91 Å². The molecule has 0 radical (unpaired) electrons. The minimum absolute atomic E-state index is 0.0622. The van der Waals surface area contributed by atoms with Crippen molar-refractivity contribution in [2.24, 2.45) is 0 Å². The average molecular weight is 398 g/mol. The van der Waals surface area contributed by atoms with Crippen LogP contribution in [0.15, 0.2) is 60.7 Å². The molecular formula is C23H31N3O3. The van der Waals surface area contributed by atoms with Crippen molar-refractivity contribution < 1.29 is 14.3 Å². The number of carbonyl (C=O) groups excluding carboxylic acids is 2. The van der Waals surface area contributed by atoms with Crippen LogP contribution in [0, 0.1) is 0 Å². The molecule has 2 amide bonds. The highest BCUT2D eigenvalue weighted by Gasteiger charge is 2.17. The summed E-state index contributed by atoms with van der Waals surface area (Å²) >= 11 is 0. The Morgan fingerprint density at radius 2 is 1.52 bits per heavy atom. The summed E-state index contributed by atoms with van der Waals surface area (Å²) in [6.45, 7) is 6.42. The Hall–Kier alpha value is -2.86. The van der Waals surface area contributed by atoms with Crippen molar-refractivity contribution in [3.8, 4) is 5.75 Å². The van der Waals surface area contributed by atoms with Crippen molar-refractivity contribution in [3.05, 3.63) is 66.2 Å². The largest absolute Gasteiger partial charge is 0.484 e. The number of rotatable bonds is 12. The van der Waals surface area contributed by atoms with Gasteiger partial charge in [0.15, 0.2) is 6.61 Å². The summed E-state index contributed by atoms with van der Waals surface area (Å²) in [5.41, 5.74) is 1.24. The van der Waals surface area contributed by atoms with Crippen LogP contribution >= 0.6 is 0 Å². The molecule has 29 heavy (non-hydrogen) atoms. The second kappa shape index (κ2) is 12.6. The standard InChI is InChI=1S/C23H31N3O3/c1-3-26(4-2)20(15-19-11-7-5-8-12-19)16-24-22(27)17-25-23(28)18-29-21-13-9-6-10-14-21/h5-14,20H,3-4,15-18H2,1-2H3,(H,24,27)(H,25,28). The van der Waals surface area contributed by atoms with Gasteiger partial charge in [0, 0.05) is 12.6 Å². The van der Waals surface area contributed by atoms with Crippen LogP contribution in [0.5, 0.6) is 5.75 Å². The first-order chi connectivity index (χ1) is 14.1. The van der Waals surface area contributed by atoms with E-state index >= 15 is 0 Å². The van der Waals surface area contributed by atoms with E-state index in [0.717, 1.165) is 19.5 Å². The third-order valence-corrected chi connectivity index (χ3v) is 4.74. The zero-order valence-electron chi connectivity index (χ0n) is 17.3. The molecule has 0 spiro atoms. The van der Waals surface area contributed by atoms with E-state index in [1.165, 1.54) is 5.56 Å². The first kappa shape index (κ1) is 22.4. The molecule has 0 aliphatic rings. The summed E-state index contributed by atoms with van der Waals surface area (Å²) in [7, 11) is 0. The molecule has 6 nitrogen and oxygen atoms in total. The Kier molecular flexibility index (Phi) is 9.72. The highest BCUT2D eigenvalue weighted by atomic mass is 16.5. The van der Waals surface area contributed by atoms with E-state index in [1.54, 1.807) is 12.1 Å². The maximum Gasteiger partial charge on any atom is 0.258 e. The van der Waals surface area contributed by atoms with Gasteiger partial charge in [-0.25, -0.2) is 0 Å². The molecule has 0 aliphatic carbocycles. The van der Waals surface area contributed by atoms with E-state index in [-0.39, 0.29) is 31.0 Å². The summed E-state index contributed by atoms with van der Waals surface area (Å²) in [6.07, 6.45) is 0.861. The molecule has 1 unspecified atom stereocenters. The molecule has 0 saturated heterocycles. The van der Waals surface area contributed by atoms with Crippen molar-refractivity contribution in [2.75, 3.05) is 32.8 Å². The first-order valence-corrected chi connectivity index (χ1v) is 10.1. The van der Waals surface area contributed by atoms with Gasteiger partial charge in [0.2, 0.25) is 5.91 Å². The van der Waals surface area contributed by atoms with E-state index < -0.39 is 0 Å². The number of hydrogen-bond acceptors (Lipinski definition) is 4.